The van der Waals surface area contributed by atoms with Crippen LogP contribution in [0.4, 0.5) is 4.79 Å². The van der Waals surface area contributed by atoms with Gasteiger partial charge in [0, 0.05) is 19.0 Å². The van der Waals surface area contributed by atoms with E-state index < -0.39 is 41.6 Å². The maximum absolute atomic E-state index is 14.0. The van der Waals surface area contributed by atoms with Crippen molar-refractivity contribution in [2.24, 2.45) is 5.73 Å². The zero-order valence-electron chi connectivity index (χ0n) is 23.1. The van der Waals surface area contributed by atoms with Crippen molar-refractivity contribution in [2.45, 2.75) is 105 Å². The first-order valence-corrected chi connectivity index (χ1v) is 12.6. The molecule has 0 aliphatic heterocycles. The van der Waals surface area contributed by atoms with Crippen LogP contribution in [-0.4, -0.2) is 52.9 Å². The molecule has 4 amide bonds. The Morgan fingerprint density at radius 1 is 1.08 bits per heavy atom. The van der Waals surface area contributed by atoms with Gasteiger partial charge in [0.15, 0.2) is 0 Å². The lowest BCUT2D eigenvalue weighted by molar-refractivity contribution is -0.144. The molecule has 36 heavy (non-hydrogen) atoms. The largest absolute Gasteiger partial charge is 0.444 e. The molecule has 2 atom stereocenters. The molecule has 1 rings (SSSR count). The summed E-state index contributed by atoms with van der Waals surface area (Å²) in [4.78, 5) is 53.2. The highest BCUT2D eigenvalue weighted by molar-refractivity contribution is 5.93. The maximum atomic E-state index is 14.0. The number of aryl methyl sites for hydroxylation is 2. The summed E-state index contributed by atoms with van der Waals surface area (Å²) in [7, 11) is 0. The number of ether oxygens (including phenoxy) is 1. The minimum Gasteiger partial charge on any atom is -0.444 e. The number of hydrogen-bond donors (Lipinski definition) is 3. The Bertz CT molecular complexity index is 903. The summed E-state index contributed by atoms with van der Waals surface area (Å²) in [6.07, 6.45) is 0.797. The average Bonchev–Trinajstić information content (AvgIpc) is 2.73. The van der Waals surface area contributed by atoms with Gasteiger partial charge < -0.3 is 26.0 Å². The van der Waals surface area contributed by atoms with E-state index in [1.807, 2.05) is 52.8 Å². The molecular formula is C27H44N4O5. The van der Waals surface area contributed by atoms with E-state index in [9.17, 15) is 19.2 Å². The molecule has 0 fully saturated rings. The molecule has 0 spiro atoms. The SMILES string of the molecule is CCCCNC(=O)C(c1c(C)cccc1C)N(C(=O)C(CCC(N)=O)NC(=O)OC(C)(C)C)C(C)C. The van der Waals surface area contributed by atoms with Crippen molar-refractivity contribution in [3.63, 3.8) is 0 Å². The second kappa shape index (κ2) is 13.8. The van der Waals surface area contributed by atoms with Gasteiger partial charge in [0.05, 0.1) is 0 Å². The monoisotopic (exact) mass is 504 g/mol. The van der Waals surface area contributed by atoms with Gasteiger partial charge in [-0.1, -0.05) is 31.5 Å². The fourth-order valence-corrected chi connectivity index (χ4v) is 3.99. The van der Waals surface area contributed by atoms with Crippen LogP contribution in [0.25, 0.3) is 0 Å². The number of nitrogens with one attached hydrogen (secondary N) is 2. The number of carbonyl (C=O) groups excluding carboxylic acids is 4. The molecular weight excluding hydrogens is 460 g/mol. The highest BCUT2D eigenvalue weighted by Gasteiger charge is 2.38. The predicted octanol–water partition coefficient (Wildman–Crippen LogP) is 3.66. The minimum absolute atomic E-state index is 0.0203. The molecule has 9 heteroatoms. The number of hydrogen-bond acceptors (Lipinski definition) is 5. The highest BCUT2D eigenvalue weighted by atomic mass is 16.6. The van der Waals surface area contributed by atoms with E-state index in [0.717, 1.165) is 29.5 Å². The van der Waals surface area contributed by atoms with E-state index in [1.54, 1.807) is 20.8 Å². The smallest absolute Gasteiger partial charge is 0.408 e. The first-order chi connectivity index (χ1) is 16.7. The van der Waals surface area contributed by atoms with Crippen molar-refractivity contribution in [3.8, 4) is 0 Å². The first kappa shape index (κ1) is 30.9. The van der Waals surface area contributed by atoms with Gasteiger partial charge in [0.2, 0.25) is 17.7 Å². The Labute approximate surface area is 215 Å². The van der Waals surface area contributed by atoms with Gasteiger partial charge in [-0.25, -0.2) is 4.79 Å². The van der Waals surface area contributed by atoms with E-state index in [2.05, 4.69) is 10.6 Å². The number of alkyl carbamates (subject to hydrolysis) is 1. The molecule has 0 bridgehead atoms. The van der Waals surface area contributed by atoms with Gasteiger partial charge in [-0.2, -0.15) is 0 Å². The van der Waals surface area contributed by atoms with Gasteiger partial charge in [-0.3, -0.25) is 14.4 Å². The lowest BCUT2D eigenvalue weighted by atomic mass is 9.92. The summed E-state index contributed by atoms with van der Waals surface area (Å²) in [5.74, 6) is -1.39. The topological polar surface area (TPSA) is 131 Å². The van der Waals surface area contributed by atoms with Gasteiger partial charge >= 0.3 is 6.09 Å². The van der Waals surface area contributed by atoms with Crippen LogP contribution in [0.3, 0.4) is 0 Å². The standard InChI is InChI=1S/C27H44N4O5/c1-9-10-16-29-24(33)23(22-18(4)12-11-13-19(22)5)31(17(2)3)25(34)20(14-15-21(28)32)30-26(35)36-27(6,7)8/h11-13,17,20,23H,9-10,14-16H2,1-8H3,(H2,28,32)(H,29,33)(H,30,35). The van der Waals surface area contributed by atoms with Crippen molar-refractivity contribution in [2.75, 3.05) is 6.54 Å². The molecule has 1 aromatic rings. The Morgan fingerprint density at radius 2 is 1.67 bits per heavy atom. The fraction of sp³-hybridized carbons (Fsp3) is 0.630. The number of benzene rings is 1. The van der Waals surface area contributed by atoms with Crippen molar-refractivity contribution >= 4 is 23.8 Å². The van der Waals surface area contributed by atoms with Crippen LogP contribution in [0, 0.1) is 13.8 Å². The third-order valence-corrected chi connectivity index (χ3v) is 5.65. The summed E-state index contributed by atoms with van der Waals surface area (Å²) >= 11 is 0. The van der Waals surface area contributed by atoms with Crippen LogP contribution >= 0.6 is 0 Å². The molecule has 0 radical (unpaired) electrons. The molecule has 0 saturated carbocycles. The molecule has 0 aliphatic carbocycles. The number of nitrogens with zero attached hydrogens (tertiary/aromatic N) is 1. The van der Waals surface area contributed by atoms with Gasteiger partial charge in [-0.15, -0.1) is 0 Å². The number of rotatable bonds is 12. The Kier molecular flexibility index (Phi) is 11.9. The van der Waals surface area contributed by atoms with E-state index >= 15 is 0 Å². The van der Waals surface area contributed by atoms with Crippen molar-refractivity contribution in [1.82, 2.24) is 15.5 Å². The summed E-state index contributed by atoms with van der Waals surface area (Å²) in [6, 6.07) is 3.29. The van der Waals surface area contributed by atoms with Gasteiger partial charge in [-0.05, 0) is 78.0 Å². The van der Waals surface area contributed by atoms with Gasteiger partial charge in [0.25, 0.3) is 0 Å². The predicted molar refractivity (Wildman–Crippen MR) is 140 cm³/mol. The van der Waals surface area contributed by atoms with E-state index in [4.69, 9.17) is 10.5 Å². The summed E-state index contributed by atoms with van der Waals surface area (Å²) < 4.78 is 5.35. The van der Waals surface area contributed by atoms with Crippen molar-refractivity contribution in [3.05, 3.63) is 34.9 Å². The third-order valence-electron chi connectivity index (χ3n) is 5.65. The Hall–Kier alpha value is -3.10. The fourth-order valence-electron chi connectivity index (χ4n) is 3.99. The quantitative estimate of drug-likeness (QED) is 0.374. The number of unbranched alkanes of at least 4 members (excludes halogenated alkanes) is 1. The first-order valence-electron chi connectivity index (χ1n) is 12.6. The molecule has 0 aromatic heterocycles. The Balaban J connectivity index is 3.52. The van der Waals surface area contributed by atoms with Crippen molar-refractivity contribution < 1.29 is 23.9 Å². The van der Waals surface area contributed by atoms with Crippen LogP contribution in [-0.2, 0) is 19.1 Å². The molecule has 0 aliphatic rings. The van der Waals surface area contributed by atoms with E-state index in [1.165, 1.54) is 4.90 Å². The van der Waals surface area contributed by atoms with E-state index in [0.29, 0.717) is 6.54 Å². The zero-order chi connectivity index (χ0) is 27.6. The second-order valence-corrected chi connectivity index (χ2v) is 10.4. The zero-order valence-corrected chi connectivity index (χ0v) is 23.1. The third kappa shape index (κ3) is 9.51. The minimum atomic E-state index is -1.11. The maximum Gasteiger partial charge on any atom is 0.408 e. The Morgan fingerprint density at radius 3 is 2.14 bits per heavy atom. The van der Waals surface area contributed by atoms with Crippen LogP contribution < -0.4 is 16.4 Å². The number of carbonyl (C=O) groups is 4. The second-order valence-electron chi connectivity index (χ2n) is 10.4. The molecule has 0 heterocycles. The lowest BCUT2D eigenvalue weighted by Gasteiger charge is -2.38. The normalized spacial score (nSPS) is 13.0. The molecule has 0 saturated heterocycles. The van der Waals surface area contributed by atoms with Crippen LogP contribution in [0.1, 0.15) is 90.0 Å². The summed E-state index contributed by atoms with van der Waals surface area (Å²) in [5, 5.41) is 5.57. The number of amides is 4. The average molecular weight is 505 g/mol. The van der Waals surface area contributed by atoms with E-state index in [-0.39, 0.29) is 18.7 Å². The van der Waals surface area contributed by atoms with Crippen molar-refractivity contribution in [1.29, 1.82) is 0 Å². The summed E-state index contributed by atoms with van der Waals surface area (Å²) in [5.41, 5.74) is 7.05. The van der Waals surface area contributed by atoms with Crippen LogP contribution in [0.2, 0.25) is 0 Å². The molecule has 9 nitrogen and oxygen atoms in total. The molecule has 202 valence electrons. The molecule has 2 unspecified atom stereocenters. The van der Waals surface area contributed by atoms with Crippen LogP contribution in [0.5, 0.6) is 0 Å². The number of primary amides is 1. The van der Waals surface area contributed by atoms with Gasteiger partial charge in [0.1, 0.15) is 17.7 Å². The lowest BCUT2D eigenvalue weighted by Crippen LogP contribution is -2.55. The molecule has 4 N–H and O–H groups in total. The highest BCUT2D eigenvalue weighted by Crippen LogP contribution is 2.30. The number of nitrogens with two attached hydrogens (primary N) is 1. The molecule has 1 aromatic carbocycles. The summed E-state index contributed by atoms with van der Waals surface area (Å²) in [6.45, 7) is 15.1. The van der Waals surface area contributed by atoms with Crippen LogP contribution in [0.15, 0.2) is 18.2 Å².